The van der Waals surface area contributed by atoms with E-state index < -0.39 is 11.9 Å². The zero-order valence-corrected chi connectivity index (χ0v) is 13.3. The highest BCUT2D eigenvalue weighted by atomic mass is 16.5. The molecule has 8 heteroatoms. The van der Waals surface area contributed by atoms with Crippen molar-refractivity contribution in [3.8, 4) is 0 Å². The Morgan fingerprint density at radius 2 is 2.22 bits per heavy atom. The number of carboxylic acid groups (broad SMARTS) is 1. The van der Waals surface area contributed by atoms with Gasteiger partial charge in [0.05, 0.1) is 24.6 Å². The monoisotopic (exact) mass is 323 g/mol. The van der Waals surface area contributed by atoms with Crippen molar-refractivity contribution in [2.75, 3.05) is 26.7 Å². The average Bonchev–Trinajstić information content (AvgIpc) is 2.92. The number of likely N-dealkylation sites (N-methyl/N-ethyl adjacent to an activating group) is 1. The van der Waals surface area contributed by atoms with Crippen LogP contribution in [0.2, 0.25) is 0 Å². The minimum Gasteiger partial charge on any atom is -0.481 e. The summed E-state index contributed by atoms with van der Waals surface area (Å²) in [5, 5.41) is 12.8. The second kappa shape index (κ2) is 7.26. The lowest BCUT2D eigenvalue weighted by atomic mass is 9.98. The van der Waals surface area contributed by atoms with Crippen LogP contribution >= 0.6 is 0 Å². The molecule has 2 amide bonds. The van der Waals surface area contributed by atoms with Crippen LogP contribution in [0.15, 0.2) is 10.6 Å². The number of rotatable bonds is 5. The van der Waals surface area contributed by atoms with Gasteiger partial charge in [0.25, 0.3) is 0 Å². The number of aryl methyl sites for hydroxylation is 1. The zero-order chi connectivity index (χ0) is 17.0. The molecule has 0 aliphatic carbocycles. The first-order chi connectivity index (χ1) is 10.9. The van der Waals surface area contributed by atoms with Gasteiger partial charge in [-0.1, -0.05) is 5.16 Å². The van der Waals surface area contributed by atoms with Crippen LogP contribution in [0, 0.1) is 12.8 Å². The SMILES string of the molecule is Cc1cc(CC(=O)N(C)CC(=O)N2CCCC(C(=O)O)C2)no1. The number of aromatic nitrogens is 1. The fraction of sp³-hybridized carbons (Fsp3) is 0.600. The van der Waals surface area contributed by atoms with E-state index in [0.717, 1.165) is 0 Å². The smallest absolute Gasteiger partial charge is 0.308 e. The summed E-state index contributed by atoms with van der Waals surface area (Å²) in [6.07, 6.45) is 1.32. The molecule has 126 valence electrons. The minimum atomic E-state index is -0.881. The van der Waals surface area contributed by atoms with Crippen LogP contribution in [-0.4, -0.2) is 64.5 Å². The van der Waals surface area contributed by atoms with E-state index in [0.29, 0.717) is 30.8 Å². The maximum absolute atomic E-state index is 12.2. The van der Waals surface area contributed by atoms with Gasteiger partial charge in [-0.05, 0) is 19.8 Å². The van der Waals surface area contributed by atoms with E-state index in [1.807, 2.05) is 0 Å². The molecule has 0 saturated carbocycles. The Morgan fingerprint density at radius 1 is 1.48 bits per heavy atom. The molecule has 1 fully saturated rings. The maximum atomic E-state index is 12.2. The van der Waals surface area contributed by atoms with Gasteiger partial charge in [0.1, 0.15) is 5.76 Å². The predicted molar refractivity (Wildman–Crippen MR) is 79.5 cm³/mol. The van der Waals surface area contributed by atoms with Gasteiger partial charge in [0.2, 0.25) is 11.8 Å². The molecule has 2 rings (SSSR count). The molecule has 1 N–H and O–H groups in total. The van der Waals surface area contributed by atoms with Crippen molar-refractivity contribution in [3.05, 3.63) is 17.5 Å². The van der Waals surface area contributed by atoms with Crippen molar-refractivity contribution in [1.82, 2.24) is 15.0 Å². The van der Waals surface area contributed by atoms with Crippen molar-refractivity contribution in [3.63, 3.8) is 0 Å². The summed E-state index contributed by atoms with van der Waals surface area (Å²) in [5.41, 5.74) is 0.524. The summed E-state index contributed by atoms with van der Waals surface area (Å²) < 4.78 is 4.90. The van der Waals surface area contributed by atoms with Crippen LogP contribution in [0.5, 0.6) is 0 Å². The van der Waals surface area contributed by atoms with Gasteiger partial charge in [0.15, 0.2) is 0 Å². The molecular weight excluding hydrogens is 302 g/mol. The second-order valence-electron chi connectivity index (χ2n) is 5.87. The number of hydrogen-bond acceptors (Lipinski definition) is 5. The summed E-state index contributed by atoms with van der Waals surface area (Å²) in [4.78, 5) is 38.2. The number of aliphatic carboxylic acids is 1. The highest BCUT2D eigenvalue weighted by Gasteiger charge is 2.29. The van der Waals surface area contributed by atoms with Crippen molar-refractivity contribution in [2.24, 2.45) is 5.92 Å². The standard InChI is InChI=1S/C15H21N3O5/c1-10-6-12(16-23-10)7-13(19)17(2)9-14(20)18-5-3-4-11(8-18)15(21)22/h6,11H,3-5,7-9H2,1-2H3,(H,21,22). The van der Waals surface area contributed by atoms with E-state index in [-0.39, 0.29) is 31.3 Å². The molecule has 1 unspecified atom stereocenters. The van der Waals surface area contributed by atoms with Crippen molar-refractivity contribution < 1.29 is 24.0 Å². The summed E-state index contributed by atoms with van der Waals surface area (Å²) in [7, 11) is 1.55. The summed E-state index contributed by atoms with van der Waals surface area (Å²) in [6, 6.07) is 1.68. The first-order valence-electron chi connectivity index (χ1n) is 7.53. The van der Waals surface area contributed by atoms with E-state index in [4.69, 9.17) is 9.63 Å². The summed E-state index contributed by atoms with van der Waals surface area (Å²) >= 11 is 0. The Balaban J connectivity index is 1.86. The van der Waals surface area contributed by atoms with Crippen LogP contribution in [0.4, 0.5) is 0 Å². The van der Waals surface area contributed by atoms with Gasteiger partial charge < -0.3 is 19.4 Å². The number of carbonyl (C=O) groups excluding carboxylic acids is 2. The molecular formula is C15H21N3O5. The third-order valence-electron chi connectivity index (χ3n) is 3.93. The van der Waals surface area contributed by atoms with Crippen molar-refractivity contribution >= 4 is 17.8 Å². The first kappa shape index (κ1) is 17.0. The number of likely N-dealkylation sites (tertiary alicyclic amines) is 1. The Morgan fingerprint density at radius 3 is 2.83 bits per heavy atom. The van der Waals surface area contributed by atoms with E-state index in [9.17, 15) is 14.4 Å². The molecule has 1 atom stereocenters. The molecule has 0 spiro atoms. The quantitative estimate of drug-likeness (QED) is 0.836. The number of nitrogens with zero attached hydrogens (tertiary/aromatic N) is 3. The van der Waals surface area contributed by atoms with Gasteiger partial charge in [0, 0.05) is 26.2 Å². The minimum absolute atomic E-state index is 0.0675. The number of carboxylic acids is 1. The second-order valence-corrected chi connectivity index (χ2v) is 5.87. The Bertz CT molecular complexity index is 598. The average molecular weight is 323 g/mol. The molecule has 1 aromatic rings. The van der Waals surface area contributed by atoms with Crippen LogP contribution in [0.25, 0.3) is 0 Å². The van der Waals surface area contributed by atoms with Gasteiger partial charge in [-0.3, -0.25) is 14.4 Å². The number of hydrogen-bond donors (Lipinski definition) is 1. The van der Waals surface area contributed by atoms with E-state index in [1.54, 1.807) is 20.0 Å². The summed E-state index contributed by atoms with van der Waals surface area (Å²) in [5.74, 6) is -1.25. The maximum Gasteiger partial charge on any atom is 0.308 e. The van der Waals surface area contributed by atoms with Crippen LogP contribution in [0.1, 0.15) is 24.3 Å². The number of piperidine rings is 1. The highest BCUT2D eigenvalue weighted by Crippen LogP contribution is 2.17. The Labute approximate surface area is 134 Å². The van der Waals surface area contributed by atoms with Gasteiger partial charge >= 0.3 is 5.97 Å². The molecule has 0 aromatic carbocycles. The molecule has 0 bridgehead atoms. The lowest BCUT2D eigenvalue weighted by Crippen LogP contribution is -2.47. The first-order valence-corrected chi connectivity index (χ1v) is 7.53. The van der Waals surface area contributed by atoms with E-state index >= 15 is 0 Å². The zero-order valence-electron chi connectivity index (χ0n) is 13.3. The molecule has 0 radical (unpaired) electrons. The van der Waals surface area contributed by atoms with Crippen LogP contribution in [0.3, 0.4) is 0 Å². The fourth-order valence-corrected chi connectivity index (χ4v) is 2.59. The van der Waals surface area contributed by atoms with Gasteiger partial charge in [-0.15, -0.1) is 0 Å². The molecule has 1 aromatic heterocycles. The number of amides is 2. The molecule has 23 heavy (non-hydrogen) atoms. The third kappa shape index (κ3) is 4.54. The molecule has 1 aliphatic rings. The fourth-order valence-electron chi connectivity index (χ4n) is 2.59. The predicted octanol–water partition coefficient (Wildman–Crippen LogP) is 0.307. The third-order valence-corrected chi connectivity index (χ3v) is 3.93. The normalized spacial score (nSPS) is 17.8. The van der Waals surface area contributed by atoms with E-state index in [2.05, 4.69) is 5.16 Å². The number of carbonyl (C=O) groups is 3. The topological polar surface area (TPSA) is 104 Å². The highest BCUT2D eigenvalue weighted by molar-refractivity contribution is 5.86. The van der Waals surface area contributed by atoms with Crippen LogP contribution < -0.4 is 0 Å². The van der Waals surface area contributed by atoms with Crippen molar-refractivity contribution in [2.45, 2.75) is 26.2 Å². The molecule has 8 nitrogen and oxygen atoms in total. The van der Waals surface area contributed by atoms with Gasteiger partial charge in [-0.2, -0.15) is 0 Å². The Kier molecular flexibility index (Phi) is 5.36. The lowest BCUT2D eigenvalue weighted by Gasteiger charge is -2.32. The van der Waals surface area contributed by atoms with Gasteiger partial charge in [-0.25, -0.2) is 0 Å². The summed E-state index contributed by atoms with van der Waals surface area (Å²) in [6.45, 7) is 2.41. The molecule has 1 saturated heterocycles. The molecule has 1 aliphatic heterocycles. The Hall–Kier alpha value is -2.38. The molecule has 2 heterocycles. The van der Waals surface area contributed by atoms with Crippen LogP contribution in [-0.2, 0) is 20.8 Å². The lowest BCUT2D eigenvalue weighted by molar-refractivity contribution is -0.147. The van der Waals surface area contributed by atoms with E-state index in [1.165, 1.54) is 9.80 Å². The largest absolute Gasteiger partial charge is 0.481 e. The van der Waals surface area contributed by atoms with Crippen molar-refractivity contribution in [1.29, 1.82) is 0 Å².